The van der Waals surface area contributed by atoms with Gasteiger partial charge in [0.1, 0.15) is 60.3 Å². The first-order valence-corrected chi connectivity index (χ1v) is 35.9. The topological polar surface area (TPSA) is 135 Å². The molecule has 0 saturated carbocycles. The first-order chi connectivity index (χ1) is 47.0. The molecule has 0 aromatic heterocycles. The number of aryl methyl sites for hydroxylation is 7. The molecule has 0 spiro atoms. The Balaban J connectivity index is 0.000000309. The van der Waals surface area contributed by atoms with Crippen LogP contribution in [-0.2, 0) is 73.5 Å². The zero-order chi connectivity index (χ0) is 70.3. The van der Waals surface area contributed by atoms with Gasteiger partial charge in [0.15, 0.2) is 0 Å². The van der Waals surface area contributed by atoms with E-state index in [9.17, 15) is 14.4 Å². The average Bonchev–Trinajstić information content (AvgIpc) is 1.06. The molecule has 0 aliphatic carbocycles. The van der Waals surface area contributed by atoms with Crippen molar-refractivity contribution < 1.29 is 52.3 Å². The van der Waals surface area contributed by atoms with Crippen molar-refractivity contribution in [1.82, 2.24) is 14.7 Å². The van der Waals surface area contributed by atoms with E-state index in [1.165, 1.54) is 59.9 Å². The van der Waals surface area contributed by atoms with Crippen LogP contribution in [0.4, 0.5) is 0 Å². The van der Waals surface area contributed by atoms with E-state index < -0.39 is 0 Å². The highest BCUT2D eigenvalue weighted by atomic mass is 16.6. The van der Waals surface area contributed by atoms with Crippen LogP contribution in [0, 0.1) is 0 Å². The number of hydrogen-bond donors (Lipinski definition) is 0. The maximum atomic E-state index is 12.3. The van der Waals surface area contributed by atoms with Crippen molar-refractivity contribution in [3.63, 3.8) is 0 Å². The summed E-state index contributed by atoms with van der Waals surface area (Å²) >= 11 is 0. The highest BCUT2D eigenvalue weighted by molar-refractivity contribution is 5.70. The highest BCUT2D eigenvalue weighted by Crippen LogP contribution is 2.25. The number of esters is 3. The first-order valence-electron chi connectivity index (χ1n) is 35.9. The van der Waals surface area contributed by atoms with Crippen molar-refractivity contribution in [2.75, 3.05) is 96.5 Å². The monoisotopic (exact) mass is 1340 g/mol. The Bertz CT molecular complexity index is 2890. The molecule has 0 N–H and O–H groups in total. The fourth-order valence-corrected chi connectivity index (χ4v) is 11.3. The summed E-state index contributed by atoms with van der Waals surface area (Å²) in [6, 6.07) is 49.5. The lowest BCUT2D eigenvalue weighted by Crippen LogP contribution is -2.35. The summed E-state index contributed by atoms with van der Waals surface area (Å²) in [4.78, 5) is 43.1. The third-order valence-corrected chi connectivity index (χ3v) is 16.7. The molecule has 0 heterocycles. The van der Waals surface area contributed by atoms with Gasteiger partial charge >= 0.3 is 17.9 Å². The van der Waals surface area contributed by atoms with Crippen molar-refractivity contribution in [2.24, 2.45) is 0 Å². The lowest BCUT2D eigenvalue weighted by atomic mass is 9.96. The third-order valence-electron chi connectivity index (χ3n) is 16.7. The number of carbonyl (C=O) groups is 3. The van der Waals surface area contributed by atoms with Gasteiger partial charge in [-0.25, -0.2) is 0 Å². The van der Waals surface area contributed by atoms with Gasteiger partial charge in [-0.3, -0.25) is 14.4 Å². The molecule has 0 bridgehead atoms. The fraction of sp³-hybridized carbons (Fsp3) is 0.530. The normalized spacial score (nSPS) is 11.9. The minimum absolute atomic E-state index is 0.0549. The Labute approximate surface area is 585 Å². The summed E-state index contributed by atoms with van der Waals surface area (Å²) in [6.45, 7) is 9.26. The maximum absolute atomic E-state index is 12.3. The van der Waals surface area contributed by atoms with E-state index in [1.807, 2.05) is 125 Å². The van der Waals surface area contributed by atoms with E-state index in [0.29, 0.717) is 45.6 Å². The van der Waals surface area contributed by atoms with E-state index in [4.69, 9.17) is 37.9 Å². The van der Waals surface area contributed by atoms with Gasteiger partial charge < -0.3 is 52.6 Å². The van der Waals surface area contributed by atoms with Crippen LogP contribution < -0.4 is 23.7 Å². The van der Waals surface area contributed by atoms with Gasteiger partial charge in [-0.05, 0) is 200 Å². The number of carbonyl (C=O) groups excluding carboxylic acids is 3. The number of benzene rings is 6. The van der Waals surface area contributed by atoms with Gasteiger partial charge in [-0.1, -0.05) is 182 Å². The number of hydrogen-bond acceptors (Lipinski definition) is 14. The Hall–Kier alpha value is -7.39. The second-order valence-electron chi connectivity index (χ2n) is 26.1. The number of rotatable bonds is 46. The molecule has 14 nitrogen and oxygen atoms in total. The van der Waals surface area contributed by atoms with Crippen LogP contribution in [0.2, 0.25) is 0 Å². The van der Waals surface area contributed by atoms with Crippen LogP contribution in [0.25, 0.3) is 0 Å². The maximum Gasteiger partial charge on any atom is 0.306 e. The van der Waals surface area contributed by atoms with E-state index in [1.54, 1.807) is 21.3 Å². The van der Waals surface area contributed by atoms with Gasteiger partial charge in [0.2, 0.25) is 0 Å². The molecule has 97 heavy (non-hydrogen) atoms. The van der Waals surface area contributed by atoms with Crippen LogP contribution in [0.15, 0.2) is 146 Å². The smallest absolute Gasteiger partial charge is 0.306 e. The van der Waals surface area contributed by atoms with Crippen molar-refractivity contribution in [1.29, 1.82) is 0 Å². The molecule has 0 radical (unpaired) electrons. The fourth-order valence-electron chi connectivity index (χ4n) is 11.3. The minimum atomic E-state index is -0.294. The van der Waals surface area contributed by atoms with Gasteiger partial charge in [0.25, 0.3) is 0 Å². The predicted octanol–water partition coefficient (Wildman–Crippen LogP) is 16.9. The number of para-hydroxylation sites is 2. The molecule has 3 atom stereocenters. The number of nitrogens with zero attached hydrogens (tertiary/aromatic N) is 3. The summed E-state index contributed by atoms with van der Waals surface area (Å²) in [6.07, 6.45) is 22.4. The molecule has 6 aromatic rings. The van der Waals surface area contributed by atoms with E-state index in [-0.39, 0.29) is 36.2 Å². The Morgan fingerprint density at radius 1 is 0.330 bits per heavy atom. The number of likely N-dealkylation sites (N-methyl/N-ethyl adjacent to an activating group) is 3. The van der Waals surface area contributed by atoms with Crippen LogP contribution in [0.5, 0.6) is 28.7 Å². The van der Waals surface area contributed by atoms with E-state index in [2.05, 4.69) is 98.5 Å². The molecule has 0 amide bonds. The quantitative estimate of drug-likeness (QED) is 0.0204. The summed E-state index contributed by atoms with van der Waals surface area (Å²) in [5, 5.41) is 0. The van der Waals surface area contributed by atoms with Gasteiger partial charge in [-0.15, -0.1) is 0 Å². The Morgan fingerprint density at radius 3 is 0.959 bits per heavy atom. The molecule has 0 aliphatic heterocycles. The molecular formula is C83H121N3O11. The molecule has 1 unspecified atom stereocenters. The summed E-state index contributed by atoms with van der Waals surface area (Å²) in [7, 11) is 17.0. The van der Waals surface area contributed by atoms with E-state index >= 15 is 0 Å². The zero-order valence-electron chi connectivity index (χ0n) is 61.4. The molecular weight excluding hydrogens is 1210 g/mol. The Kier molecular flexibility index (Phi) is 42.3. The Morgan fingerprint density at radius 2 is 0.619 bits per heavy atom. The van der Waals surface area contributed by atoms with Crippen molar-refractivity contribution in [2.45, 2.75) is 193 Å². The van der Waals surface area contributed by atoms with Crippen molar-refractivity contribution >= 4 is 17.9 Å². The average molecular weight is 1340 g/mol. The molecule has 0 fully saturated rings. The summed E-state index contributed by atoms with van der Waals surface area (Å²) in [5.41, 5.74) is 8.84. The molecule has 0 saturated heterocycles. The zero-order valence-corrected chi connectivity index (χ0v) is 61.4. The summed E-state index contributed by atoms with van der Waals surface area (Å²) < 4.78 is 45.4. The van der Waals surface area contributed by atoms with Crippen LogP contribution in [0.1, 0.15) is 169 Å². The molecule has 0 aliphatic rings. The van der Waals surface area contributed by atoms with Crippen molar-refractivity contribution in [3.8, 4) is 28.7 Å². The number of ether oxygens (including phenoxy) is 8. The van der Waals surface area contributed by atoms with Gasteiger partial charge in [-0.2, -0.15) is 0 Å². The third kappa shape index (κ3) is 36.7. The largest absolute Gasteiger partial charge is 0.497 e. The lowest BCUT2D eigenvalue weighted by molar-refractivity contribution is -0.152. The molecule has 6 rings (SSSR count). The van der Waals surface area contributed by atoms with Gasteiger partial charge in [0.05, 0.1) is 21.3 Å². The highest BCUT2D eigenvalue weighted by Gasteiger charge is 2.21. The van der Waals surface area contributed by atoms with Crippen molar-refractivity contribution in [3.05, 3.63) is 185 Å². The number of unbranched alkanes of at least 4 members (excludes halogenated alkanes) is 10. The number of methoxy groups -OCH3 is 3. The standard InChI is InChI=1S/C28H41NO4.C28H41NO3.C27H39NO4/c1-5-6-7-8-9-14-28(30)33-26(21-29(2)3)22-32-27-13-11-10-12-24(27)18-15-23-16-19-25(31-4)20-17-23;1-5-6-7-8-13-28(30)32-27(22-29(2)3)21-18-25-12-10-9-11-24(25)17-14-23-15-19-26(31-4)20-16-23;1-5-6-7-8-13-27(29)32-25(20-28(2)3)21-31-26-12-10-9-11-23(26)17-14-22-15-18-24(30-4)19-16-22/h10-13,16-17,19-20,26H,5-9,14-15,18,21-22H2,1-4H3;9-12,15-16,19-20,27H,5-8,13-14,17-18,21-22H2,1-4H3;9-12,15-16,18-19,25H,5-8,13-14,17,20-21H2,1-4H3/t;27-;25-/m.11/s1. The lowest BCUT2D eigenvalue weighted by Gasteiger charge is -2.22. The SMILES string of the molecule is CCCCCCC(=O)O[C@@H](COc1ccccc1CCc1ccc(OC)cc1)CN(C)C.CCCCCCC(=O)O[C@H](CCc1ccccc1CCc1ccc(OC)cc1)CN(C)C.CCCCCCCC(=O)OC(COc1ccccc1CCc1ccc(OC)cc1)CN(C)C. The molecule has 534 valence electrons. The summed E-state index contributed by atoms with van der Waals surface area (Å²) in [5.74, 6) is 4.00. The second-order valence-corrected chi connectivity index (χ2v) is 26.1. The molecule has 6 aromatic carbocycles. The van der Waals surface area contributed by atoms with Crippen LogP contribution in [0.3, 0.4) is 0 Å². The minimum Gasteiger partial charge on any atom is -0.497 e. The van der Waals surface area contributed by atoms with Crippen LogP contribution >= 0.6 is 0 Å². The first kappa shape index (κ1) is 82.0. The van der Waals surface area contributed by atoms with Crippen LogP contribution in [-0.4, -0.2) is 147 Å². The second kappa shape index (κ2) is 50.0. The predicted molar refractivity (Wildman–Crippen MR) is 396 cm³/mol. The molecule has 14 heteroatoms. The van der Waals surface area contributed by atoms with Gasteiger partial charge in [0, 0.05) is 38.9 Å². The van der Waals surface area contributed by atoms with E-state index in [0.717, 1.165) is 149 Å².